The van der Waals surface area contributed by atoms with Crippen LogP contribution in [0.2, 0.25) is 0 Å². The standard InChI is InChI=1S/C20H15F3N2O2/c1-27-19(26)14-7-9-16(10-8-14)24-13-18-6-3-11-25(18)17-5-2-4-15(12-17)20(21,22)23/h2-13H,1H3. The van der Waals surface area contributed by atoms with E-state index in [1.54, 1.807) is 59.4 Å². The lowest BCUT2D eigenvalue weighted by molar-refractivity contribution is -0.137. The number of ether oxygens (including phenoxy) is 1. The average Bonchev–Trinajstić information content (AvgIpc) is 3.14. The van der Waals surface area contributed by atoms with Gasteiger partial charge in [0.05, 0.1) is 35.8 Å². The molecule has 0 bridgehead atoms. The summed E-state index contributed by atoms with van der Waals surface area (Å²) in [4.78, 5) is 15.7. The van der Waals surface area contributed by atoms with Crippen LogP contribution in [0.1, 0.15) is 21.6 Å². The molecule has 0 spiro atoms. The highest BCUT2D eigenvalue weighted by Crippen LogP contribution is 2.30. The highest BCUT2D eigenvalue weighted by atomic mass is 19.4. The van der Waals surface area contributed by atoms with E-state index >= 15 is 0 Å². The van der Waals surface area contributed by atoms with Crippen molar-refractivity contribution < 1.29 is 22.7 Å². The van der Waals surface area contributed by atoms with Crippen LogP contribution >= 0.6 is 0 Å². The van der Waals surface area contributed by atoms with Crippen molar-refractivity contribution in [2.45, 2.75) is 6.18 Å². The summed E-state index contributed by atoms with van der Waals surface area (Å²) in [5.41, 5.74) is 1.29. The van der Waals surface area contributed by atoms with Gasteiger partial charge in [-0.05, 0) is 54.6 Å². The number of benzene rings is 2. The number of esters is 1. The Kier molecular flexibility index (Phi) is 5.12. The lowest BCUT2D eigenvalue weighted by Crippen LogP contribution is -2.06. The molecule has 1 aromatic heterocycles. The normalized spacial score (nSPS) is 11.7. The maximum atomic E-state index is 12.9. The van der Waals surface area contributed by atoms with Crippen LogP contribution in [-0.2, 0) is 10.9 Å². The van der Waals surface area contributed by atoms with Crippen LogP contribution in [0.25, 0.3) is 5.69 Å². The minimum absolute atomic E-state index is 0.386. The highest BCUT2D eigenvalue weighted by molar-refractivity contribution is 5.89. The molecule has 3 aromatic rings. The molecule has 0 aliphatic carbocycles. The lowest BCUT2D eigenvalue weighted by atomic mass is 10.2. The zero-order valence-electron chi connectivity index (χ0n) is 14.3. The minimum atomic E-state index is -4.40. The van der Waals surface area contributed by atoms with Gasteiger partial charge in [-0.2, -0.15) is 13.2 Å². The molecule has 3 rings (SSSR count). The van der Waals surface area contributed by atoms with E-state index in [-0.39, 0.29) is 0 Å². The summed E-state index contributed by atoms with van der Waals surface area (Å²) in [5, 5.41) is 0. The molecule has 0 N–H and O–H groups in total. The highest BCUT2D eigenvalue weighted by Gasteiger charge is 2.30. The summed E-state index contributed by atoms with van der Waals surface area (Å²) < 4.78 is 45.0. The second-order valence-electron chi connectivity index (χ2n) is 5.65. The van der Waals surface area contributed by atoms with E-state index in [1.807, 2.05) is 0 Å². The molecule has 4 nitrogen and oxygen atoms in total. The van der Waals surface area contributed by atoms with Crippen molar-refractivity contribution in [1.29, 1.82) is 0 Å². The van der Waals surface area contributed by atoms with E-state index in [9.17, 15) is 18.0 Å². The Morgan fingerprint density at radius 1 is 1.07 bits per heavy atom. The van der Waals surface area contributed by atoms with Crippen LogP contribution in [0.5, 0.6) is 0 Å². The van der Waals surface area contributed by atoms with E-state index in [1.165, 1.54) is 13.2 Å². The van der Waals surface area contributed by atoms with Gasteiger partial charge in [-0.3, -0.25) is 4.99 Å². The largest absolute Gasteiger partial charge is 0.465 e. The molecule has 0 amide bonds. The summed E-state index contributed by atoms with van der Waals surface area (Å²) >= 11 is 0. The quantitative estimate of drug-likeness (QED) is 0.476. The molecule has 0 saturated heterocycles. The Morgan fingerprint density at radius 3 is 2.48 bits per heavy atom. The number of hydrogen-bond acceptors (Lipinski definition) is 3. The van der Waals surface area contributed by atoms with Gasteiger partial charge in [-0.1, -0.05) is 6.07 Å². The first-order valence-electron chi connectivity index (χ1n) is 7.96. The van der Waals surface area contributed by atoms with Gasteiger partial charge in [-0.25, -0.2) is 4.79 Å². The number of rotatable bonds is 4. The molecular weight excluding hydrogens is 357 g/mol. The first-order chi connectivity index (χ1) is 12.9. The lowest BCUT2D eigenvalue weighted by Gasteiger charge is -2.11. The summed E-state index contributed by atoms with van der Waals surface area (Å²) in [6.07, 6.45) is -1.19. The van der Waals surface area contributed by atoms with E-state index in [4.69, 9.17) is 0 Å². The monoisotopic (exact) mass is 372 g/mol. The van der Waals surface area contributed by atoms with Crippen LogP contribution in [-0.4, -0.2) is 23.9 Å². The third-order valence-electron chi connectivity index (χ3n) is 3.87. The van der Waals surface area contributed by atoms with E-state index in [0.29, 0.717) is 22.6 Å². The van der Waals surface area contributed by atoms with Crippen LogP contribution in [0.15, 0.2) is 71.9 Å². The molecule has 0 fully saturated rings. The summed E-state index contributed by atoms with van der Waals surface area (Å²) in [5.74, 6) is -0.441. The predicted octanol–water partition coefficient (Wildman–Crippen LogP) is 5.03. The molecule has 138 valence electrons. The van der Waals surface area contributed by atoms with Crippen molar-refractivity contribution in [2.75, 3.05) is 7.11 Å². The van der Waals surface area contributed by atoms with E-state index in [0.717, 1.165) is 12.1 Å². The van der Waals surface area contributed by atoms with Gasteiger partial charge in [-0.15, -0.1) is 0 Å². The number of nitrogens with zero attached hydrogens (tertiary/aromatic N) is 2. The van der Waals surface area contributed by atoms with E-state index in [2.05, 4.69) is 9.73 Å². The van der Waals surface area contributed by atoms with Crippen LogP contribution in [0, 0.1) is 0 Å². The Labute approximate surface area is 153 Å². The number of methoxy groups -OCH3 is 1. The Balaban J connectivity index is 1.85. The maximum Gasteiger partial charge on any atom is 0.416 e. The van der Waals surface area contributed by atoms with Crippen LogP contribution < -0.4 is 0 Å². The first kappa shape index (κ1) is 18.4. The molecular formula is C20H15F3N2O2. The molecule has 0 aliphatic rings. The first-order valence-corrected chi connectivity index (χ1v) is 7.96. The molecule has 0 radical (unpaired) electrons. The van der Waals surface area contributed by atoms with Crippen molar-refractivity contribution in [3.05, 3.63) is 83.7 Å². The van der Waals surface area contributed by atoms with E-state index < -0.39 is 17.7 Å². The molecule has 0 atom stereocenters. The number of aromatic nitrogens is 1. The summed E-state index contributed by atoms with van der Waals surface area (Å²) in [6, 6.07) is 15.0. The number of halogens is 3. The van der Waals surface area contributed by atoms with Gasteiger partial charge in [0.25, 0.3) is 0 Å². The van der Waals surface area contributed by atoms with Gasteiger partial charge >= 0.3 is 12.1 Å². The van der Waals surface area contributed by atoms with Crippen molar-refractivity contribution in [1.82, 2.24) is 4.57 Å². The van der Waals surface area contributed by atoms with Gasteiger partial charge in [0.15, 0.2) is 0 Å². The van der Waals surface area contributed by atoms with Gasteiger partial charge in [0.2, 0.25) is 0 Å². The predicted molar refractivity (Wildman–Crippen MR) is 95.8 cm³/mol. The van der Waals surface area contributed by atoms with Crippen LogP contribution in [0.3, 0.4) is 0 Å². The zero-order valence-corrected chi connectivity index (χ0v) is 14.3. The summed E-state index contributed by atoms with van der Waals surface area (Å²) in [6.45, 7) is 0. The summed E-state index contributed by atoms with van der Waals surface area (Å²) in [7, 11) is 1.30. The molecule has 0 aliphatic heterocycles. The zero-order chi connectivity index (χ0) is 19.4. The number of carbonyl (C=O) groups is 1. The SMILES string of the molecule is COC(=O)c1ccc(N=Cc2cccn2-c2cccc(C(F)(F)F)c2)cc1. The van der Waals surface area contributed by atoms with Gasteiger partial charge in [0, 0.05) is 11.9 Å². The third-order valence-corrected chi connectivity index (χ3v) is 3.87. The fourth-order valence-corrected chi connectivity index (χ4v) is 2.51. The fourth-order valence-electron chi connectivity index (χ4n) is 2.51. The minimum Gasteiger partial charge on any atom is -0.465 e. The molecule has 0 saturated carbocycles. The fraction of sp³-hybridized carbons (Fsp3) is 0.100. The molecule has 1 heterocycles. The van der Waals surface area contributed by atoms with Crippen molar-refractivity contribution >= 4 is 17.9 Å². The third kappa shape index (κ3) is 4.25. The van der Waals surface area contributed by atoms with Crippen molar-refractivity contribution in [3.8, 4) is 5.69 Å². The molecule has 7 heteroatoms. The Hall–Kier alpha value is -3.35. The topological polar surface area (TPSA) is 43.6 Å². The van der Waals surface area contributed by atoms with Crippen LogP contribution in [0.4, 0.5) is 18.9 Å². The van der Waals surface area contributed by atoms with Gasteiger partial charge in [0.1, 0.15) is 0 Å². The van der Waals surface area contributed by atoms with Gasteiger partial charge < -0.3 is 9.30 Å². The van der Waals surface area contributed by atoms with Crippen molar-refractivity contribution in [3.63, 3.8) is 0 Å². The van der Waals surface area contributed by atoms with Crippen molar-refractivity contribution in [2.24, 2.45) is 4.99 Å². The molecule has 0 unspecified atom stereocenters. The Bertz CT molecular complexity index is 973. The number of carbonyl (C=O) groups excluding carboxylic acids is 1. The number of alkyl halides is 3. The number of aliphatic imine (C=N–C) groups is 1. The second-order valence-corrected chi connectivity index (χ2v) is 5.65. The smallest absolute Gasteiger partial charge is 0.416 e. The molecule has 2 aromatic carbocycles. The Morgan fingerprint density at radius 2 is 1.81 bits per heavy atom. The second kappa shape index (κ2) is 7.49. The number of hydrogen-bond donors (Lipinski definition) is 0. The molecule has 27 heavy (non-hydrogen) atoms. The average molecular weight is 372 g/mol. The maximum absolute atomic E-state index is 12.9.